The van der Waals surface area contributed by atoms with Crippen LogP contribution in [0.3, 0.4) is 0 Å². The van der Waals surface area contributed by atoms with Gasteiger partial charge >= 0.3 is 0 Å². The van der Waals surface area contributed by atoms with E-state index < -0.39 is 6.10 Å². The fourth-order valence-electron chi connectivity index (χ4n) is 3.44. The highest BCUT2D eigenvalue weighted by atomic mass is 16.5. The number of methoxy groups -OCH3 is 2. The lowest BCUT2D eigenvalue weighted by Gasteiger charge is -2.43. The van der Waals surface area contributed by atoms with Crippen LogP contribution in [-0.4, -0.2) is 37.5 Å². The lowest BCUT2D eigenvalue weighted by Crippen LogP contribution is -2.57. The summed E-state index contributed by atoms with van der Waals surface area (Å²) in [6.45, 7) is 0.361. The maximum absolute atomic E-state index is 12.9. The second-order valence-corrected chi connectivity index (χ2v) is 7.14. The smallest absolute Gasteiger partial charge is 0.275 e. The van der Waals surface area contributed by atoms with Gasteiger partial charge in [-0.1, -0.05) is 42.5 Å². The van der Waals surface area contributed by atoms with Crippen LogP contribution in [0.2, 0.25) is 0 Å². The molecule has 1 fully saturated rings. The van der Waals surface area contributed by atoms with Gasteiger partial charge in [0.2, 0.25) is 0 Å². The van der Waals surface area contributed by atoms with E-state index in [0.29, 0.717) is 6.61 Å². The summed E-state index contributed by atoms with van der Waals surface area (Å²) in [6, 6.07) is 24.6. The number of nitrogens with zero attached hydrogens (tertiary/aromatic N) is 2. The van der Waals surface area contributed by atoms with Gasteiger partial charge in [0.15, 0.2) is 6.10 Å². The Balaban J connectivity index is 1.53. The maximum atomic E-state index is 12.9. The van der Waals surface area contributed by atoms with Crippen molar-refractivity contribution in [3.63, 3.8) is 0 Å². The molecule has 0 aromatic heterocycles. The van der Waals surface area contributed by atoms with Crippen LogP contribution in [-0.2, 0) is 16.1 Å². The molecule has 1 saturated heterocycles. The van der Waals surface area contributed by atoms with Gasteiger partial charge < -0.3 is 14.2 Å². The van der Waals surface area contributed by atoms with Crippen LogP contribution in [0, 0.1) is 0 Å². The second-order valence-electron chi connectivity index (χ2n) is 7.14. The molecule has 2 atom stereocenters. The van der Waals surface area contributed by atoms with Crippen molar-refractivity contribution >= 4 is 12.1 Å². The first-order chi connectivity index (χ1) is 15.2. The molecule has 0 bridgehead atoms. The summed E-state index contributed by atoms with van der Waals surface area (Å²) < 4.78 is 16.4. The number of carbonyl (C=O) groups excluding carboxylic acids is 1. The van der Waals surface area contributed by atoms with Gasteiger partial charge in [0, 0.05) is 0 Å². The number of rotatable bonds is 8. The van der Waals surface area contributed by atoms with Crippen molar-refractivity contribution in [1.82, 2.24) is 5.01 Å². The van der Waals surface area contributed by atoms with Crippen molar-refractivity contribution in [2.24, 2.45) is 5.10 Å². The summed E-state index contributed by atoms with van der Waals surface area (Å²) in [4.78, 5) is 12.9. The Morgan fingerprint density at radius 3 is 2.10 bits per heavy atom. The molecule has 1 aliphatic heterocycles. The van der Waals surface area contributed by atoms with Crippen molar-refractivity contribution in [1.29, 1.82) is 0 Å². The van der Waals surface area contributed by atoms with Gasteiger partial charge in [0.1, 0.15) is 17.5 Å². The number of amides is 1. The van der Waals surface area contributed by atoms with E-state index in [1.807, 2.05) is 78.9 Å². The first kappa shape index (κ1) is 20.6. The molecule has 1 amide bonds. The van der Waals surface area contributed by atoms with E-state index in [1.54, 1.807) is 20.4 Å². The van der Waals surface area contributed by atoms with Crippen LogP contribution < -0.4 is 9.47 Å². The highest BCUT2D eigenvalue weighted by molar-refractivity contribution is 5.90. The Labute approximate surface area is 181 Å². The molecule has 0 N–H and O–H groups in total. The third kappa shape index (κ3) is 4.59. The molecule has 0 saturated carbocycles. The average Bonchev–Trinajstić information content (AvgIpc) is 2.83. The van der Waals surface area contributed by atoms with Crippen molar-refractivity contribution in [3.05, 3.63) is 95.6 Å². The number of β-lactam (4-membered cyclic amide) rings is 1. The third-order valence-electron chi connectivity index (χ3n) is 5.20. The fraction of sp³-hybridized carbons (Fsp3) is 0.200. The first-order valence-corrected chi connectivity index (χ1v) is 10.00. The van der Waals surface area contributed by atoms with Gasteiger partial charge in [0.05, 0.1) is 27.0 Å². The predicted molar refractivity (Wildman–Crippen MR) is 118 cm³/mol. The zero-order valence-corrected chi connectivity index (χ0v) is 17.5. The van der Waals surface area contributed by atoms with E-state index in [2.05, 4.69) is 5.10 Å². The number of ether oxygens (including phenoxy) is 3. The van der Waals surface area contributed by atoms with Gasteiger partial charge in [-0.3, -0.25) is 4.79 Å². The molecule has 6 nitrogen and oxygen atoms in total. The first-order valence-electron chi connectivity index (χ1n) is 10.00. The molecule has 6 heteroatoms. The monoisotopic (exact) mass is 416 g/mol. The molecular formula is C25H24N2O4. The molecule has 3 aromatic carbocycles. The van der Waals surface area contributed by atoms with E-state index in [0.717, 1.165) is 28.2 Å². The lowest BCUT2D eigenvalue weighted by atomic mass is 9.92. The Kier molecular flexibility index (Phi) is 6.29. The number of benzene rings is 3. The highest BCUT2D eigenvalue weighted by Gasteiger charge is 2.49. The van der Waals surface area contributed by atoms with E-state index >= 15 is 0 Å². The lowest BCUT2D eigenvalue weighted by molar-refractivity contribution is -0.176. The van der Waals surface area contributed by atoms with Crippen molar-refractivity contribution in [2.75, 3.05) is 14.2 Å². The zero-order chi connectivity index (χ0) is 21.6. The van der Waals surface area contributed by atoms with Crippen LogP contribution in [0.15, 0.2) is 84.0 Å². The highest BCUT2D eigenvalue weighted by Crippen LogP contribution is 2.38. The standard InChI is InChI=1S/C25H24N2O4/c1-29-21-12-8-18(9-13-21)16-26-27-23(20-10-14-22(30-2)15-11-20)24(25(27)28)31-17-19-6-4-3-5-7-19/h3-16,23-24H,17H2,1-2H3/b26-16-. The molecule has 0 spiro atoms. The maximum Gasteiger partial charge on any atom is 0.275 e. The quantitative estimate of drug-likeness (QED) is 0.408. The van der Waals surface area contributed by atoms with Crippen molar-refractivity contribution in [3.8, 4) is 11.5 Å². The van der Waals surface area contributed by atoms with Crippen LogP contribution in [0.25, 0.3) is 0 Å². The second kappa shape index (κ2) is 9.45. The molecule has 3 aromatic rings. The number of hydrazone groups is 1. The molecule has 158 valence electrons. The molecular weight excluding hydrogens is 392 g/mol. The van der Waals surface area contributed by atoms with Crippen LogP contribution in [0.1, 0.15) is 22.7 Å². The van der Waals surface area contributed by atoms with E-state index in [-0.39, 0.29) is 11.9 Å². The average molecular weight is 416 g/mol. The topological polar surface area (TPSA) is 60.4 Å². The summed E-state index contributed by atoms with van der Waals surface area (Å²) in [7, 11) is 3.25. The van der Waals surface area contributed by atoms with Crippen molar-refractivity contribution in [2.45, 2.75) is 18.8 Å². The predicted octanol–water partition coefficient (Wildman–Crippen LogP) is 4.21. The summed E-state index contributed by atoms with van der Waals surface area (Å²) in [5, 5.41) is 5.92. The normalized spacial score (nSPS) is 18.1. The Morgan fingerprint density at radius 2 is 1.48 bits per heavy atom. The third-order valence-corrected chi connectivity index (χ3v) is 5.20. The number of carbonyl (C=O) groups is 1. The van der Waals surface area contributed by atoms with Gasteiger partial charge in [-0.2, -0.15) is 5.10 Å². The Bertz CT molecular complexity index is 1030. The largest absolute Gasteiger partial charge is 0.497 e. The minimum atomic E-state index is -0.596. The van der Waals surface area contributed by atoms with E-state index in [4.69, 9.17) is 14.2 Å². The number of hydrogen-bond donors (Lipinski definition) is 0. The molecule has 0 radical (unpaired) electrons. The Morgan fingerprint density at radius 1 is 0.871 bits per heavy atom. The summed E-state index contributed by atoms with van der Waals surface area (Å²) in [6.07, 6.45) is 1.07. The molecule has 0 aliphatic carbocycles. The van der Waals surface area contributed by atoms with Crippen LogP contribution in [0.5, 0.6) is 11.5 Å². The molecule has 1 aliphatic rings. The minimum absolute atomic E-state index is 0.165. The zero-order valence-electron chi connectivity index (χ0n) is 17.5. The van der Waals surface area contributed by atoms with Crippen LogP contribution >= 0.6 is 0 Å². The molecule has 1 heterocycles. The molecule has 4 rings (SSSR count). The summed E-state index contributed by atoms with van der Waals surface area (Å²) in [5.41, 5.74) is 2.82. The SMILES string of the molecule is COc1ccc(/C=N\N2C(=O)C(OCc3ccccc3)C2c2ccc(OC)cc2)cc1. The number of hydrogen-bond acceptors (Lipinski definition) is 5. The van der Waals surface area contributed by atoms with Gasteiger partial charge in [0.25, 0.3) is 5.91 Å². The van der Waals surface area contributed by atoms with E-state index in [1.165, 1.54) is 5.01 Å². The van der Waals surface area contributed by atoms with Gasteiger partial charge in [-0.05, 0) is 53.1 Å². The van der Waals surface area contributed by atoms with E-state index in [9.17, 15) is 4.79 Å². The Hall–Kier alpha value is -3.64. The van der Waals surface area contributed by atoms with Gasteiger partial charge in [-0.25, -0.2) is 5.01 Å². The fourth-order valence-corrected chi connectivity index (χ4v) is 3.44. The van der Waals surface area contributed by atoms with Crippen molar-refractivity contribution < 1.29 is 19.0 Å². The summed E-state index contributed by atoms with van der Waals surface area (Å²) in [5.74, 6) is 1.36. The van der Waals surface area contributed by atoms with Gasteiger partial charge in [-0.15, -0.1) is 0 Å². The molecule has 2 unspecified atom stereocenters. The summed E-state index contributed by atoms with van der Waals surface area (Å²) >= 11 is 0. The minimum Gasteiger partial charge on any atom is -0.497 e. The van der Waals surface area contributed by atoms with Crippen LogP contribution in [0.4, 0.5) is 0 Å². The molecule has 31 heavy (non-hydrogen) atoms.